The molecule has 0 amide bonds. The molecule has 0 aliphatic carbocycles. The van der Waals surface area contributed by atoms with Crippen molar-refractivity contribution < 1.29 is 9.18 Å². The molecule has 0 atom stereocenters. The summed E-state index contributed by atoms with van der Waals surface area (Å²) in [6, 6.07) is 0. The Hall–Kier alpha value is -0.740. The number of halogens is 3. The van der Waals surface area contributed by atoms with E-state index in [1.165, 1.54) is 0 Å². The number of rotatable bonds is 1. The maximum absolute atomic E-state index is 12.9. The van der Waals surface area contributed by atoms with Crippen LogP contribution in [0.5, 0.6) is 0 Å². The number of carbonyl (C=O) groups is 1. The average Bonchev–Trinajstić information content (AvgIpc) is 1.96. The van der Waals surface area contributed by atoms with E-state index in [2.05, 4.69) is 9.97 Å². The van der Waals surface area contributed by atoms with Crippen molar-refractivity contribution in [2.24, 2.45) is 0 Å². The van der Waals surface area contributed by atoms with Crippen molar-refractivity contribution in [3.05, 3.63) is 21.9 Å². The molecular weight excluding hydrogens is 206 g/mol. The summed E-state index contributed by atoms with van der Waals surface area (Å²) in [4.78, 5) is 17.4. The number of carbonyl (C=O) groups excluding carboxylic acids is 1. The van der Waals surface area contributed by atoms with Crippen molar-refractivity contribution in [3.8, 4) is 0 Å². The Balaban J connectivity index is 3.37. The van der Waals surface area contributed by atoms with Gasteiger partial charge in [-0.25, -0.2) is 14.4 Å². The van der Waals surface area contributed by atoms with Gasteiger partial charge in [0.05, 0.1) is 0 Å². The van der Waals surface area contributed by atoms with E-state index in [9.17, 15) is 9.18 Å². The van der Waals surface area contributed by atoms with Crippen LogP contribution in [0.25, 0.3) is 0 Å². The summed E-state index contributed by atoms with van der Waals surface area (Å²) >= 11 is 10.6. The van der Waals surface area contributed by atoms with Crippen molar-refractivity contribution in [1.29, 1.82) is 0 Å². The molecule has 0 aliphatic heterocycles. The number of aromatic nitrogens is 2. The van der Waals surface area contributed by atoms with Gasteiger partial charge >= 0.3 is 0 Å². The summed E-state index contributed by atoms with van der Waals surface area (Å²) in [5.74, 6) is -1.48. The second kappa shape index (κ2) is 3.33. The monoisotopic (exact) mass is 208 g/mol. The molecule has 0 saturated heterocycles. The Bertz CT molecular complexity index is 343. The van der Waals surface area contributed by atoms with Gasteiger partial charge in [-0.15, -0.1) is 0 Å². The molecule has 0 aliphatic rings. The highest BCUT2D eigenvalue weighted by molar-refractivity contribution is 6.32. The Morgan fingerprint density at radius 2 is 2.00 bits per heavy atom. The summed E-state index contributed by atoms with van der Waals surface area (Å²) < 4.78 is 12.9. The molecule has 6 heteroatoms. The molecule has 64 valence electrons. The Morgan fingerprint density at radius 1 is 1.42 bits per heavy atom. The van der Waals surface area contributed by atoms with Gasteiger partial charge in [0.15, 0.2) is 16.8 Å². The molecule has 0 N–H and O–H groups in total. The quantitative estimate of drug-likeness (QED) is 0.404. The second-order valence-electron chi connectivity index (χ2n) is 2.00. The summed E-state index contributed by atoms with van der Waals surface area (Å²) in [5, 5.41) is -0.688. The molecule has 0 spiro atoms. The number of nitrogens with zero attached hydrogens (tertiary/aromatic N) is 2. The van der Waals surface area contributed by atoms with Crippen LogP contribution in [-0.4, -0.2) is 15.8 Å². The highest BCUT2D eigenvalue weighted by atomic mass is 35.5. The Morgan fingerprint density at radius 3 is 2.50 bits per heavy atom. The first-order valence-electron chi connectivity index (χ1n) is 2.92. The van der Waals surface area contributed by atoms with Crippen LogP contribution in [0, 0.1) is 5.82 Å². The smallest absolute Gasteiger partial charge is 0.224 e. The van der Waals surface area contributed by atoms with Crippen LogP contribution in [0.4, 0.5) is 4.39 Å². The van der Waals surface area contributed by atoms with E-state index in [4.69, 9.17) is 23.2 Å². The van der Waals surface area contributed by atoms with Crippen LogP contribution in [0.15, 0.2) is 0 Å². The van der Waals surface area contributed by atoms with Crippen LogP contribution in [0.1, 0.15) is 17.4 Å². The average molecular weight is 209 g/mol. The van der Waals surface area contributed by atoms with E-state index in [0.29, 0.717) is 0 Å². The van der Waals surface area contributed by atoms with Crippen LogP contribution < -0.4 is 0 Å². The fourth-order valence-electron chi connectivity index (χ4n) is 0.627. The molecule has 1 rings (SSSR count). The third-order valence-corrected chi connectivity index (χ3v) is 1.54. The van der Waals surface area contributed by atoms with E-state index in [1.807, 2.05) is 0 Å². The third kappa shape index (κ3) is 1.70. The molecule has 1 aromatic rings. The van der Waals surface area contributed by atoms with Crippen molar-refractivity contribution in [2.75, 3.05) is 0 Å². The molecule has 0 radical (unpaired) electrons. The number of hydrogen-bond donors (Lipinski definition) is 0. The summed E-state index contributed by atoms with van der Waals surface area (Å²) in [6.45, 7) is 1.16. The number of ketones is 1. The zero-order valence-electron chi connectivity index (χ0n) is 5.94. The first-order valence-corrected chi connectivity index (χ1v) is 3.67. The molecule has 0 unspecified atom stereocenters. The van der Waals surface area contributed by atoms with Gasteiger partial charge in [0.2, 0.25) is 5.28 Å². The van der Waals surface area contributed by atoms with Crippen molar-refractivity contribution in [1.82, 2.24) is 9.97 Å². The second-order valence-corrected chi connectivity index (χ2v) is 2.70. The van der Waals surface area contributed by atoms with Crippen molar-refractivity contribution in [2.45, 2.75) is 6.92 Å². The number of Topliss-reactive ketones (excluding diaryl/α,β-unsaturated/α-hetero) is 1. The van der Waals surface area contributed by atoms with Crippen molar-refractivity contribution >= 4 is 29.0 Å². The first-order chi connectivity index (χ1) is 5.52. The zero-order valence-corrected chi connectivity index (χ0v) is 7.45. The molecule has 12 heavy (non-hydrogen) atoms. The number of hydrogen-bond acceptors (Lipinski definition) is 3. The maximum Gasteiger partial charge on any atom is 0.224 e. The largest absolute Gasteiger partial charge is 0.293 e. The Labute approximate surface area is 77.5 Å². The van der Waals surface area contributed by atoms with E-state index < -0.39 is 16.8 Å². The molecule has 1 aromatic heterocycles. The lowest BCUT2D eigenvalue weighted by molar-refractivity contribution is 0.100. The van der Waals surface area contributed by atoms with Crippen LogP contribution in [0.3, 0.4) is 0 Å². The minimum Gasteiger partial charge on any atom is -0.293 e. The lowest BCUT2D eigenvalue weighted by atomic mass is 10.3. The van der Waals surface area contributed by atoms with E-state index in [-0.39, 0.29) is 11.0 Å². The van der Waals surface area contributed by atoms with Gasteiger partial charge in [0.1, 0.15) is 5.69 Å². The van der Waals surface area contributed by atoms with Gasteiger partial charge in [-0.2, -0.15) is 0 Å². The highest BCUT2D eigenvalue weighted by Crippen LogP contribution is 2.16. The normalized spacial score (nSPS) is 10.0. The first kappa shape index (κ1) is 9.35. The molecular formula is C6H3Cl2FN2O. The summed E-state index contributed by atoms with van der Waals surface area (Å²) in [5.41, 5.74) is -0.389. The SMILES string of the molecule is CC(=O)c1nc(Cl)nc(Cl)c1F. The summed E-state index contributed by atoms with van der Waals surface area (Å²) in [6.07, 6.45) is 0. The van der Waals surface area contributed by atoms with E-state index in [0.717, 1.165) is 6.92 Å². The lowest BCUT2D eigenvalue weighted by Crippen LogP contribution is -2.03. The lowest BCUT2D eigenvalue weighted by Gasteiger charge is -1.98. The molecule has 0 saturated carbocycles. The predicted octanol–water partition coefficient (Wildman–Crippen LogP) is 2.13. The fourth-order valence-corrected chi connectivity index (χ4v) is 1.01. The van der Waals surface area contributed by atoms with Crippen molar-refractivity contribution in [3.63, 3.8) is 0 Å². The van der Waals surface area contributed by atoms with Crippen LogP contribution >= 0.6 is 23.2 Å². The van der Waals surface area contributed by atoms with Gasteiger partial charge in [-0.3, -0.25) is 4.79 Å². The highest BCUT2D eigenvalue weighted by Gasteiger charge is 2.15. The zero-order chi connectivity index (χ0) is 9.30. The minimum atomic E-state index is -0.937. The van der Waals surface area contributed by atoms with Gasteiger partial charge < -0.3 is 0 Å². The molecule has 3 nitrogen and oxygen atoms in total. The van der Waals surface area contributed by atoms with E-state index >= 15 is 0 Å². The van der Waals surface area contributed by atoms with Gasteiger partial charge in [0, 0.05) is 6.92 Å². The minimum absolute atomic E-state index is 0.244. The van der Waals surface area contributed by atoms with Crippen LogP contribution in [0.2, 0.25) is 10.4 Å². The van der Waals surface area contributed by atoms with Gasteiger partial charge in [-0.1, -0.05) is 11.6 Å². The van der Waals surface area contributed by atoms with E-state index in [1.54, 1.807) is 0 Å². The van der Waals surface area contributed by atoms with Gasteiger partial charge in [0.25, 0.3) is 0 Å². The summed E-state index contributed by atoms with van der Waals surface area (Å²) in [7, 11) is 0. The molecule has 0 aromatic carbocycles. The fraction of sp³-hybridized carbons (Fsp3) is 0.167. The Kier molecular flexibility index (Phi) is 2.59. The third-order valence-electron chi connectivity index (χ3n) is 1.12. The van der Waals surface area contributed by atoms with Gasteiger partial charge in [-0.05, 0) is 11.6 Å². The maximum atomic E-state index is 12.9. The van der Waals surface area contributed by atoms with Crippen LogP contribution in [-0.2, 0) is 0 Å². The molecule has 1 heterocycles. The predicted molar refractivity (Wildman–Crippen MR) is 42.0 cm³/mol. The standard InChI is InChI=1S/C6H3Cl2FN2O/c1-2(12)4-3(9)5(7)11-6(8)10-4/h1H3. The topological polar surface area (TPSA) is 42.9 Å². The molecule has 0 bridgehead atoms. The molecule has 0 fully saturated rings.